The molecule has 0 amide bonds. The van der Waals surface area contributed by atoms with Crippen molar-refractivity contribution >= 4 is 9.76 Å². The Labute approximate surface area is 53.7 Å². The van der Waals surface area contributed by atoms with Crippen LogP contribution in [0, 0.1) is 5.92 Å². The molecule has 0 saturated carbocycles. The quantitative estimate of drug-likeness (QED) is 0.411. The summed E-state index contributed by atoms with van der Waals surface area (Å²) in [7, 11) is 0.472. The Hall–Kier alpha value is -0.0831. The van der Waals surface area contributed by atoms with E-state index in [1.54, 1.807) is 5.70 Å². The van der Waals surface area contributed by atoms with E-state index in [2.05, 4.69) is 20.4 Å². The summed E-state index contributed by atoms with van der Waals surface area (Å²) >= 11 is 0. The maximum Gasteiger partial charge on any atom is 0.260 e. The van der Waals surface area contributed by atoms with Gasteiger partial charge in [-0.3, -0.25) is 0 Å². The number of hydrogen-bond acceptors (Lipinski definition) is 1. The van der Waals surface area contributed by atoms with Crippen molar-refractivity contribution in [3.05, 3.63) is 12.3 Å². The smallest absolute Gasteiger partial charge is 0.260 e. The first-order chi connectivity index (χ1) is 3.77. The molecule has 0 aliphatic carbocycles. The topological polar surface area (TPSA) is 9.23 Å². The normalized spacial score (nSPS) is 9.88. The highest BCUT2D eigenvalue weighted by atomic mass is 28.2. The second kappa shape index (κ2) is 5.06. The Morgan fingerprint density at radius 3 is 2.75 bits per heavy atom. The van der Waals surface area contributed by atoms with Gasteiger partial charge in [-0.1, -0.05) is 19.5 Å². The van der Waals surface area contributed by atoms with Crippen LogP contribution in [0.3, 0.4) is 0 Å². The molecule has 2 heteroatoms. The van der Waals surface area contributed by atoms with Gasteiger partial charge in [0, 0.05) is 6.61 Å². The minimum atomic E-state index is 0.472. The molecular formula is C6H12OSi. The van der Waals surface area contributed by atoms with Crippen molar-refractivity contribution < 1.29 is 4.43 Å². The Kier molecular flexibility index (Phi) is 5.01. The fourth-order valence-electron chi connectivity index (χ4n) is 0.274. The zero-order chi connectivity index (χ0) is 6.41. The van der Waals surface area contributed by atoms with Crippen molar-refractivity contribution in [3.8, 4) is 0 Å². The average Bonchev–Trinajstić information content (AvgIpc) is 1.66. The lowest BCUT2D eigenvalue weighted by Gasteiger charge is -2.01. The molecule has 46 valence electrons. The van der Waals surface area contributed by atoms with Crippen LogP contribution in [0.2, 0.25) is 0 Å². The van der Waals surface area contributed by atoms with Gasteiger partial charge in [0.2, 0.25) is 0 Å². The minimum absolute atomic E-state index is 0.472. The van der Waals surface area contributed by atoms with E-state index in [0.717, 1.165) is 6.61 Å². The Balaban J connectivity index is 2.81. The monoisotopic (exact) mass is 128 g/mol. The molecule has 2 radical (unpaired) electrons. The number of hydrogen-bond donors (Lipinski definition) is 0. The van der Waals surface area contributed by atoms with Gasteiger partial charge in [-0.05, 0) is 5.92 Å². The molecule has 0 unspecified atom stereocenters. The SMILES string of the molecule is C=C[Si]OCC(C)C. The summed E-state index contributed by atoms with van der Waals surface area (Å²) in [5.74, 6) is 0.641. The van der Waals surface area contributed by atoms with Crippen molar-refractivity contribution in [3.63, 3.8) is 0 Å². The van der Waals surface area contributed by atoms with Crippen molar-refractivity contribution in [2.75, 3.05) is 6.61 Å². The van der Waals surface area contributed by atoms with E-state index in [4.69, 9.17) is 4.43 Å². The largest absolute Gasteiger partial charge is 0.412 e. The van der Waals surface area contributed by atoms with E-state index in [-0.39, 0.29) is 0 Å². The first-order valence-electron chi connectivity index (χ1n) is 2.75. The van der Waals surface area contributed by atoms with Crippen molar-refractivity contribution in [1.82, 2.24) is 0 Å². The van der Waals surface area contributed by atoms with Crippen molar-refractivity contribution in [1.29, 1.82) is 0 Å². The zero-order valence-corrected chi connectivity index (χ0v) is 6.48. The molecule has 8 heavy (non-hydrogen) atoms. The molecule has 0 bridgehead atoms. The Morgan fingerprint density at radius 2 is 2.38 bits per heavy atom. The van der Waals surface area contributed by atoms with Gasteiger partial charge in [0.1, 0.15) is 0 Å². The Morgan fingerprint density at radius 1 is 1.75 bits per heavy atom. The van der Waals surface area contributed by atoms with E-state index in [0.29, 0.717) is 15.7 Å². The number of rotatable bonds is 4. The molecule has 0 spiro atoms. The third-order valence-electron chi connectivity index (χ3n) is 0.583. The van der Waals surface area contributed by atoms with Gasteiger partial charge < -0.3 is 4.43 Å². The fourth-order valence-corrected chi connectivity index (χ4v) is 0.821. The van der Waals surface area contributed by atoms with Gasteiger partial charge in [-0.15, -0.1) is 6.58 Å². The maximum atomic E-state index is 5.15. The van der Waals surface area contributed by atoms with Crippen LogP contribution < -0.4 is 0 Å². The van der Waals surface area contributed by atoms with Gasteiger partial charge in [0.15, 0.2) is 0 Å². The van der Waals surface area contributed by atoms with Crippen LogP contribution in [0.1, 0.15) is 13.8 Å². The molecule has 0 N–H and O–H groups in total. The third-order valence-corrected chi connectivity index (χ3v) is 1.08. The summed E-state index contributed by atoms with van der Waals surface area (Å²) in [6, 6.07) is 0. The molecule has 0 rings (SSSR count). The van der Waals surface area contributed by atoms with Crippen LogP contribution in [0.4, 0.5) is 0 Å². The van der Waals surface area contributed by atoms with E-state index in [1.807, 2.05) is 0 Å². The van der Waals surface area contributed by atoms with Gasteiger partial charge in [-0.2, -0.15) is 0 Å². The molecule has 0 heterocycles. The zero-order valence-electron chi connectivity index (χ0n) is 5.48. The highest BCUT2D eigenvalue weighted by molar-refractivity contribution is 6.33. The molecule has 1 nitrogen and oxygen atoms in total. The molecule has 0 aromatic heterocycles. The molecule has 0 atom stereocenters. The molecule has 0 aliphatic heterocycles. The lowest BCUT2D eigenvalue weighted by atomic mass is 10.2. The first kappa shape index (κ1) is 7.92. The minimum Gasteiger partial charge on any atom is -0.412 e. The summed E-state index contributed by atoms with van der Waals surface area (Å²) in [6.07, 6.45) is 0. The van der Waals surface area contributed by atoms with E-state index in [9.17, 15) is 0 Å². The molecule has 0 saturated heterocycles. The first-order valence-corrected chi connectivity index (χ1v) is 3.74. The van der Waals surface area contributed by atoms with Gasteiger partial charge >= 0.3 is 0 Å². The maximum absolute atomic E-state index is 5.15. The second-order valence-corrected chi connectivity index (χ2v) is 2.96. The summed E-state index contributed by atoms with van der Waals surface area (Å²) in [4.78, 5) is 0. The summed E-state index contributed by atoms with van der Waals surface area (Å²) in [5, 5.41) is 0. The summed E-state index contributed by atoms with van der Waals surface area (Å²) in [6.45, 7) is 8.66. The fraction of sp³-hybridized carbons (Fsp3) is 0.667. The van der Waals surface area contributed by atoms with Gasteiger partial charge in [0.05, 0.1) is 0 Å². The van der Waals surface area contributed by atoms with Crippen LogP contribution in [0.25, 0.3) is 0 Å². The lowest BCUT2D eigenvalue weighted by molar-refractivity contribution is 0.289. The van der Waals surface area contributed by atoms with E-state index in [1.165, 1.54) is 0 Å². The Bertz CT molecular complexity index is 61.5. The molecule has 0 fully saturated rings. The van der Waals surface area contributed by atoms with Crippen LogP contribution in [0.15, 0.2) is 12.3 Å². The predicted molar refractivity (Wildman–Crippen MR) is 36.7 cm³/mol. The van der Waals surface area contributed by atoms with Crippen LogP contribution >= 0.6 is 0 Å². The van der Waals surface area contributed by atoms with Crippen molar-refractivity contribution in [2.45, 2.75) is 13.8 Å². The second-order valence-electron chi connectivity index (χ2n) is 2.03. The predicted octanol–water partition coefficient (Wildman–Crippen LogP) is 1.42. The van der Waals surface area contributed by atoms with Gasteiger partial charge in [-0.25, -0.2) is 0 Å². The summed E-state index contributed by atoms with van der Waals surface area (Å²) in [5.41, 5.74) is 1.79. The van der Waals surface area contributed by atoms with E-state index >= 15 is 0 Å². The summed E-state index contributed by atoms with van der Waals surface area (Å²) < 4.78 is 5.15. The van der Waals surface area contributed by atoms with E-state index < -0.39 is 0 Å². The molecule has 0 aromatic rings. The average molecular weight is 128 g/mol. The highest BCUT2D eigenvalue weighted by Crippen LogP contribution is 1.89. The van der Waals surface area contributed by atoms with Crippen LogP contribution in [-0.4, -0.2) is 16.4 Å². The highest BCUT2D eigenvalue weighted by Gasteiger charge is 1.90. The third kappa shape index (κ3) is 5.92. The van der Waals surface area contributed by atoms with Crippen LogP contribution in [0.5, 0.6) is 0 Å². The van der Waals surface area contributed by atoms with Crippen molar-refractivity contribution in [2.24, 2.45) is 5.92 Å². The molecule has 0 aliphatic rings. The standard InChI is InChI=1S/C6H12OSi/c1-4-8-7-5-6(2)3/h4,6H,1,5H2,2-3H3. The lowest BCUT2D eigenvalue weighted by Crippen LogP contribution is -2.03. The molecular weight excluding hydrogens is 116 g/mol. The molecule has 0 aromatic carbocycles. The van der Waals surface area contributed by atoms with Gasteiger partial charge in [0.25, 0.3) is 9.76 Å². The van der Waals surface area contributed by atoms with Crippen LogP contribution in [-0.2, 0) is 4.43 Å².